The highest BCUT2D eigenvalue weighted by Crippen LogP contribution is 2.35. The van der Waals surface area contributed by atoms with Crippen molar-refractivity contribution < 1.29 is 4.79 Å². The second-order valence-electron chi connectivity index (χ2n) is 5.93. The minimum Gasteiger partial charge on any atom is -0.360 e. The molecule has 4 heterocycles. The molecule has 0 unspecified atom stereocenters. The highest BCUT2D eigenvalue weighted by atomic mass is 32.1. The number of thiophene rings is 2. The van der Waals surface area contributed by atoms with Gasteiger partial charge in [-0.05, 0) is 31.5 Å². The average molecular weight is 358 g/mol. The van der Waals surface area contributed by atoms with Crippen LogP contribution in [0.25, 0.3) is 10.2 Å². The number of hydrogen-bond acceptors (Lipinski definition) is 7. The summed E-state index contributed by atoms with van der Waals surface area (Å²) in [4.78, 5) is 27.8. The van der Waals surface area contributed by atoms with E-state index in [4.69, 9.17) is 0 Å². The van der Waals surface area contributed by atoms with Crippen LogP contribution in [0.2, 0.25) is 0 Å². The molecule has 1 aliphatic rings. The van der Waals surface area contributed by atoms with E-state index in [1.54, 1.807) is 29.0 Å². The van der Waals surface area contributed by atoms with Crippen molar-refractivity contribution in [3.8, 4) is 0 Å². The maximum atomic E-state index is 10.9. The van der Waals surface area contributed by atoms with Crippen LogP contribution in [0.15, 0.2) is 18.5 Å². The summed E-state index contributed by atoms with van der Waals surface area (Å²) in [6.07, 6.45) is 2.60. The Hall–Kier alpha value is -1.99. The van der Waals surface area contributed by atoms with Gasteiger partial charge in [0.2, 0.25) is 0 Å². The van der Waals surface area contributed by atoms with Crippen LogP contribution in [-0.4, -0.2) is 42.4 Å². The number of fused-ring (bicyclic) bond motifs is 1. The molecule has 0 atom stereocenters. The van der Waals surface area contributed by atoms with Gasteiger partial charge in [-0.3, -0.25) is 4.79 Å². The van der Waals surface area contributed by atoms with Gasteiger partial charge in [0.05, 0.1) is 15.3 Å². The summed E-state index contributed by atoms with van der Waals surface area (Å²) in [5.74, 6) is 1.06. The summed E-state index contributed by atoms with van der Waals surface area (Å²) in [5, 5.41) is 2.37. The van der Waals surface area contributed by atoms with Gasteiger partial charge in [-0.1, -0.05) is 0 Å². The van der Waals surface area contributed by atoms with Crippen LogP contribution >= 0.6 is 22.7 Å². The molecule has 0 saturated carbocycles. The molecule has 3 aromatic heterocycles. The third-order valence-electron chi connectivity index (χ3n) is 4.56. The van der Waals surface area contributed by atoms with Crippen molar-refractivity contribution in [2.75, 3.05) is 36.0 Å². The van der Waals surface area contributed by atoms with Crippen molar-refractivity contribution in [2.24, 2.45) is 0 Å². The number of aryl methyl sites for hydroxylation is 2. The molecule has 0 N–H and O–H groups in total. The lowest BCUT2D eigenvalue weighted by Crippen LogP contribution is -2.46. The molecule has 1 saturated heterocycles. The molecule has 0 spiro atoms. The number of carbonyl (C=O) groups excluding carboxylic acids is 1. The lowest BCUT2D eigenvalue weighted by Gasteiger charge is -2.36. The summed E-state index contributed by atoms with van der Waals surface area (Å²) < 4.78 is 0. The zero-order valence-corrected chi connectivity index (χ0v) is 15.3. The molecule has 0 radical (unpaired) electrons. The lowest BCUT2D eigenvalue weighted by molar-refractivity contribution is 0.112. The zero-order valence-electron chi connectivity index (χ0n) is 13.7. The molecule has 0 amide bonds. The maximum Gasteiger partial charge on any atom is 0.160 e. The Kier molecular flexibility index (Phi) is 3.97. The van der Waals surface area contributed by atoms with E-state index >= 15 is 0 Å². The van der Waals surface area contributed by atoms with E-state index in [0.717, 1.165) is 48.0 Å². The molecule has 1 aliphatic heterocycles. The number of piperazine rings is 1. The molecule has 0 aromatic carbocycles. The minimum atomic E-state index is 0.786. The van der Waals surface area contributed by atoms with Gasteiger partial charge >= 0.3 is 0 Å². The van der Waals surface area contributed by atoms with Crippen LogP contribution in [0, 0.1) is 13.8 Å². The second-order valence-corrected chi connectivity index (χ2v) is 8.23. The minimum absolute atomic E-state index is 0.786. The first kappa shape index (κ1) is 15.5. The molecule has 0 aliphatic carbocycles. The van der Waals surface area contributed by atoms with Crippen LogP contribution in [0.1, 0.15) is 20.1 Å². The Labute approximate surface area is 148 Å². The molecule has 4 rings (SSSR count). The molecule has 0 bridgehead atoms. The van der Waals surface area contributed by atoms with Crippen LogP contribution < -0.4 is 9.80 Å². The third kappa shape index (κ3) is 2.57. The van der Waals surface area contributed by atoms with Crippen LogP contribution in [0.3, 0.4) is 0 Å². The highest BCUT2D eigenvalue weighted by molar-refractivity contribution is 7.19. The smallest absolute Gasteiger partial charge is 0.160 e. The summed E-state index contributed by atoms with van der Waals surface area (Å²) in [6.45, 7) is 8.02. The van der Waals surface area contributed by atoms with Crippen molar-refractivity contribution in [3.05, 3.63) is 33.8 Å². The van der Waals surface area contributed by atoms with Crippen LogP contribution in [0.5, 0.6) is 0 Å². The van der Waals surface area contributed by atoms with Gasteiger partial charge in [0.15, 0.2) is 6.29 Å². The Bertz CT molecular complexity index is 893. The first-order chi connectivity index (χ1) is 11.7. The highest BCUT2D eigenvalue weighted by Gasteiger charge is 2.22. The van der Waals surface area contributed by atoms with Gasteiger partial charge in [0, 0.05) is 31.1 Å². The van der Waals surface area contributed by atoms with Crippen LogP contribution in [0.4, 0.5) is 10.8 Å². The fourth-order valence-corrected chi connectivity index (χ4v) is 4.98. The van der Waals surface area contributed by atoms with E-state index in [1.165, 1.54) is 20.8 Å². The number of anilines is 2. The summed E-state index contributed by atoms with van der Waals surface area (Å²) >= 11 is 3.30. The van der Waals surface area contributed by atoms with Crippen molar-refractivity contribution in [3.63, 3.8) is 0 Å². The Morgan fingerprint density at radius 3 is 2.50 bits per heavy atom. The molecule has 1 fully saturated rings. The third-order valence-corrected chi connectivity index (χ3v) is 6.75. The number of carbonyl (C=O) groups is 1. The number of rotatable bonds is 3. The Morgan fingerprint density at radius 1 is 1.04 bits per heavy atom. The van der Waals surface area contributed by atoms with E-state index in [1.807, 2.05) is 12.1 Å². The maximum absolute atomic E-state index is 10.9. The standard InChI is InChI=1S/C17H18N4OS2/c1-11-12(2)23-17-15(11)16(18-10-19-17)21-7-5-20(6-8-21)14-4-3-13(9-22)24-14/h3-4,9-10H,5-8H2,1-2H3. The van der Waals surface area contributed by atoms with Crippen molar-refractivity contribution in [1.82, 2.24) is 9.97 Å². The predicted molar refractivity (Wildman–Crippen MR) is 101 cm³/mol. The largest absolute Gasteiger partial charge is 0.360 e. The van der Waals surface area contributed by atoms with E-state index in [-0.39, 0.29) is 0 Å². The molecule has 124 valence electrons. The predicted octanol–water partition coefficient (Wildman–Crippen LogP) is 3.51. The van der Waals surface area contributed by atoms with E-state index in [0.29, 0.717) is 0 Å². The Morgan fingerprint density at radius 2 is 1.79 bits per heavy atom. The first-order valence-corrected chi connectivity index (χ1v) is 9.56. The average Bonchev–Trinajstić information content (AvgIpc) is 3.20. The molecule has 24 heavy (non-hydrogen) atoms. The van der Waals surface area contributed by atoms with E-state index in [9.17, 15) is 4.79 Å². The number of aromatic nitrogens is 2. The number of hydrogen-bond donors (Lipinski definition) is 0. The van der Waals surface area contributed by atoms with Gasteiger partial charge in [0.1, 0.15) is 17.0 Å². The lowest BCUT2D eigenvalue weighted by atomic mass is 10.2. The van der Waals surface area contributed by atoms with Gasteiger partial charge in [0.25, 0.3) is 0 Å². The molecular weight excluding hydrogens is 340 g/mol. The van der Waals surface area contributed by atoms with E-state index < -0.39 is 0 Å². The van der Waals surface area contributed by atoms with Crippen LogP contribution in [-0.2, 0) is 0 Å². The quantitative estimate of drug-likeness (QED) is 0.671. The van der Waals surface area contributed by atoms with Crippen molar-refractivity contribution >= 4 is 50.0 Å². The molecule has 3 aromatic rings. The van der Waals surface area contributed by atoms with Crippen molar-refractivity contribution in [1.29, 1.82) is 0 Å². The molecule has 5 nitrogen and oxygen atoms in total. The summed E-state index contributed by atoms with van der Waals surface area (Å²) in [7, 11) is 0. The van der Waals surface area contributed by atoms with Gasteiger partial charge in [-0.15, -0.1) is 22.7 Å². The van der Waals surface area contributed by atoms with Gasteiger partial charge < -0.3 is 9.80 Å². The number of aldehydes is 1. The second kappa shape index (κ2) is 6.14. The SMILES string of the molecule is Cc1sc2ncnc(N3CCN(c4ccc(C=O)s4)CC3)c2c1C. The normalized spacial score (nSPS) is 15.2. The van der Waals surface area contributed by atoms with E-state index in [2.05, 4.69) is 33.6 Å². The van der Waals surface area contributed by atoms with Gasteiger partial charge in [-0.2, -0.15) is 0 Å². The fraction of sp³-hybridized carbons (Fsp3) is 0.353. The fourth-order valence-electron chi connectivity index (χ4n) is 3.12. The Balaban J connectivity index is 1.57. The van der Waals surface area contributed by atoms with Crippen molar-refractivity contribution in [2.45, 2.75) is 13.8 Å². The topological polar surface area (TPSA) is 49.3 Å². The summed E-state index contributed by atoms with van der Waals surface area (Å²) in [5.41, 5.74) is 1.29. The zero-order chi connectivity index (χ0) is 16.7. The first-order valence-electron chi connectivity index (χ1n) is 7.93. The number of nitrogens with zero attached hydrogens (tertiary/aromatic N) is 4. The molecular formula is C17H18N4OS2. The summed E-state index contributed by atoms with van der Waals surface area (Å²) in [6, 6.07) is 3.93. The monoisotopic (exact) mass is 358 g/mol. The van der Waals surface area contributed by atoms with Gasteiger partial charge in [-0.25, -0.2) is 9.97 Å². The molecule has 7 heteroatoms.